The van der Waals surface area contributed by atoms with Gasteiger partial charge >= 0.3 is 5.97 Å². The Balaban J connectivity index is 0.000000240. The second-order valence-electron chi connectivity index (χ2n) is 5.09. The lowest BCUT2D eigenvalue weighted by molar-refractivity contribution is 0.0525. The molecule has 0 amide bonds. The van der Waals surface area contributed by atoms with Crippen LogP contribution < -0.4 is 4.74 Å². The SMILES string of the molecule is CCOC(=O)c1cnn(C)c1C.COCCOc1ccccc1C. The zero-order valence-corrected chi connectivity index (χ0v) is 15.0. The number of benzene rings is 1. The molecule has 1 aromatic carbocycles. The number of carbonyl (C=O) groups is 1. The first-order valence-electron chi connectivity index (χ1n) is 7.84. The van der Waals surface area contributed by atoms with E-state index in [1.54, 1.807) is 25.8 Å². The Morgan fingerprint density at radius 3 is 2.46 bits per heavy atom. The summed E-state index contributed by atoms with van der Waals surface area (Å²) >= 11 is 0. The summed E-state index contributed by atoms with van der Waals surface area (Å²) in [5.41, 5.74) is 2.53. The molecule has 0 aliphatic heterocycles. The minimum absolute atomic E-state index is 0.303. The number of methoxy groups -OCH3 is 1. The molecule has 0 spiro atoms. The topological polar surface area (TPSA) is 62.6 Å². The van der Waals surface area contributed by atoms with Crippen molar-refractivity contribution in [1.29, 1.82) is 0 Å². The number of esters is 1. The second kappa shape index (κ2) is 10.4. The van der Waals surface area contributed by atoms with Crippen LogP contribution in [0.25, 0.3) is 0 Å². The molecular weight excluding hydrogens is 308 g/mol. The molecule has 0 aliphatic carbocycles. The number of hydrogen-bond acceptors (Lipinski definition) is 5. The van der Waals surface area contributed by atoms with Crippen LogP contribution in [0.5, 0.6) is 5.75 Å². The summed E-state index contributed by atoms with van der Waals surface area (Å²) in [6.45, 7) is 7.29. The lowest BCUT2D eigenvalue weighted by Crippen LogP contribution is -2.06. The summed E-state index contributed by atoms with van der Waals surface area (Å²) < 4.78 is 16.8. The van der Waals surface area contributed by atoms with E-state index in [4.69, 9.17) is 14.2 Å². The average Bonchev–Trinajstić information content (AvgIpc) is 2.90. The van der Waals surface area contributed by atoms with Gasteiger partial charge in [0.2, 0.25) is 0 Å². The molecule has 0 fully saturated rings. The van der Waals surface area contributed by atoms with Gasteiger partial charge in [-0.3, -0.25) is 4.68 Å². The Bertz CT molecular complexity index is 638. The molecule has 2 rings (SSSR count). The summed E-state index contributed by atoms with van der Waals surface area (Å²) in [6.07, 6.45) is 1.52. The lowest BCUT2D eigenvalue weighted by atomic mass is 10.2. The van der Waals surface area contributed by atoms with Crippen LogP contribution in [-0.4, -0.2) is 42.7 Å². The average molecular weight is 334 g/mol. The number of rotatable bonds is 6. The third kappa shape index (κ3) is 6.04. The molecule has 6 nitrogen and oxygen atoms in total. The first-order valence-corrected chi connectivity index (χ1v) is 7.84. The molecule has 0 radical (unpaired) electrons. The second-order valence-corrected chi connectivity index (χ2v) is 5.09. The van der Waals surface area contributed by atoms with Gasteiger partial charge in [0.1, 0.15) is 17.9 Å². The van der Waals surface area contributed by atoms with E-state index in [0.29, 0.717) is 25.4 Å². The third-order valence-corrected chi connectivity index (χ3v) is 3.37. The van der Waals surface area contributed by atoms with Crippen molar-refractivity contribution in [3.8, 4) is 5.75 Å². The zero-order valence-electron chi connectivity index (χ0n) is 15.0. The minimum atomic E-state index is -0.303. The molecule has 0 atom stereocenters. The van der Waals surface area contributed by atoms with Crippen molar-refractivity contribution in [1.82, 2.24) is 9.78 Å². The molecule has 0 aliphatic rings. The van der Waals surface area contributed by atoms with E-state index in [9.17, 15) is 4.79 Å². The predicted octanol–water partition coefficient (Wildman–Crippen LogP) is 2.93. The normalized spacial score (nSPS) is 9.88. The molecule has 1 heterocycles. The number of aromatic nitrogens is 2. The maximum absolute atomic E-state index is 11.2. The van der Waals surface area contributed by atoms with E-state index in [-0.39, 0.29) is 5.97 Å². The number of aryl methyl sites for hydroxylation is 2. The molecule has 1 aromatic heterocycles. The highest BCUT2D eigenvalue weighted by Gasteiger charge is 2.12. The van der Waals surface area contributed by atoms with Crippen LogP contribution in [-0.2, 0) is 16.5 Å². The highest BCUT2D eigenvalue weighted by molar-refractivity contribution is 5.90. The van der Waals surface area contributed by atoms with Crippen molar-refractivity contribution in [3.63, 3.8) is 0 Å². The highest BCUT2D eigenvalue weighted by Crippen LogP contribution is 2.15. The maximum Gasteiger partial charge on any atom is 0.341 e. The van der Waals surface area contributed by atoms with Gasteiger partial charge < -0.3 is 14.2 Å². The van der Waals surface area contributed by atoms with Crippen molar-refractivity contribution >= 4 is 5.97 Å². The first kappa shape index (κ1) is 19.7. The molecule has 132 valence electrons. The Morgan fingerprint density at radius 2 is 1.92 bits per heavy atom. The van der Waals surface area contributed by atoms with E-state index in [1.165, 1.54) is 6.20 Å². The standard InChI is InChI=1S/C10H14O2.C8H12N2O2/c1-9-5-3-4-6-10(9)12-8-7-11-2;1-4-12-8(11)7-5-9-10(3)6(7)2/h3-6H,7-8H2,1-2H3;5H,4H2,1-3H3. The van der Waals surface area contributed by atoms with Gasteiger partial charge in [0, 0.05) is 19.9 Å². The van der Waals surface area contributed by atoms with Gasteiger partial charge in [-0.05, 0) is 32.4 Å². The molecule has 0 saturated heterocycles. The number of ether oxygens (including phenoxy) is 3. The third-order valence-electron chi connectivity index (χ3n) is 3.37. The fourth-order valence-corrected chi connectivity index (χ4v) is 1.86. The van der Waals surface area contributed by atoms with Crippen LogP contribution in [0, 0.1) is 13.8 Å². The van der Waals surface area contributed by atoms with Gasteiger partial charge in [-0.25, -0.2) is 4.79 Å². The fourth-order valence-electron chi connectivity index (χ4n) is 1.86. The summed E-state index contributed by atoms with van der Waals surface area (Å²) in [4.78, 5) is 11.2. The van der Waals surface area contributed by atoms with Crippen molar-refractivity contribution in [2.75, 3.05) is 26.9 Å². The van der Waals surface area contributed by atoms with E-state index < -0.39 is 0 Å². The summed E-state index contributed by atoms with van der Waals surface area (Å²) in [6, 6.07) is 7.96. The molecule has 0 N–H and O–H groups in total. The number of hydrogen-bond donors (Lipinski definition) is 0. The maximum atomic E-state index is 11.2. The van der Waals surface area contributed by atoms with Crippen LogP contribution in [0.4, 0.5) is 0 Å². The fraction of sp³-hybridized carbons (Fsp3) is 0.444. The van der Waals surface area contributed by atoms with E-state index in [0.717, 1.165) is 17.0 Å². The minimum Gasteiger partial charge on any atom is -0.491 e. The van der Waals surface area contributed by atoms with E-state index in [1.807, 2.05) is 38.1 Å². The monoisotopic (exact) mass is 334 g/mol. The Morgan fingerprint density at radius 1 is 1.21 bits per heavy atom. The highest BCUT2D eigenvalue weighted by atomic mass is 16.5. The molecule has 6 heteroatoms. The van der Waals surface area contributed by atoms with Gasteiger partial charge in [0.25, 0.3) is 0 Å². The molecule has 24 heavy (non-hydrogen) atoms. The molecule has 0 bridgehead atoms. The Hall–Kier alpha value is -2.34. The van der Waals surface area contributed by atoms with Crippen molar-refractivity contribution < 1.29 is 19.0 Å². The Labute approximate surface area is 143 Å². The van der Waals surface area contributed by atoms with Crippen LogP contribution in [0.2, 0.25) is 0 Å². The summed E-state index contributed by atoms with van der Waals surface area (Å²) in [7, 11) is 3.46. The molecule has 2 aromatic rings. The van der Waals surface area contributed by atoms with Crippen LogP contribution in [0.15, 0.2) is 30.5 Å². The van der Waals surface area contributed by atoms with Gasteiger partial charge in [0.05, 0.1) is 19.4 Å². The number of nitrogens with zero attached hydrogens (tertiary/aromatic N) is 2. The molecule has 0 unspecified atom stereocenters. The Kier molecular flexibility index (Phi) is 8.57. The first-order chi connectivity index (χ1) is 11.5. The van der Waals surface area contributed by atoms with Gasteiger partial charge in [0.15, 0.2) is 0 Å². The summed E-state index contributed by atoms with van der Waals surface area (Å²) in [5, 5.41) is 3.94. The predicted molar refractivity (Wildman–Crippen MR) is 92.5 cm³/mol. The smallest absolute Gasteiger partial charge is 0.341 e. The van der Waals surface area contributed by atoms with E-state index in [2.05, 4.69) is 5.10 Å². The largest absolute Gasteiger partial charge is 0.491 e. The quantitative estimate of drug-likeness (QED) is 0.600. The van der Waals surface area contributed by atoms with Gasteiger partial charge in [-0.1, -0.05) is 18.2 Å². The number of para-hydroxylation sites is 1. The lowest BCUT2D eigenvalue weighted by Gasteiger charge is -2.07. The van der Waals surface area contributed by atoms with Crippen LogP contribution >= 0.6 is 0 Å². The van der Waals surface area contributed by atoms with Crippen molar-refractivity contribution in [2.24, 2.45) is 7.05 Å². The van der Waals surface area contributed by atoms with Crippen molar-refractivity contribution in [3.05, 3.63) is 47.3 Å². The van der Waals surface area contributed by atoms with Crippen LogP contribution in [0.1, 0.15) is 28.5 Å². The molecule has 0 saturated carbocycles. The zero-order chi connectivity index (χ0) is 17.9. The molecular formula is C18H26N2O4. The van der Waals surface area contributed by atoms with Crippen molar-refractivity contribution in [2.45, 2.75) is 20.8 Å². The van der Waals surface area contributed by atoms with Gasteiger partial charge in [-0.15, -0.1) is 0 Å². The van der Waals surface area contributed by atoms with Crippen LogP contribution in [0.3, 0.4) is 0 Å². The van der Waals surface area contributed by atoms with Gasteiger partial charge in [-0.2, -0.15) is 5.10 Å². The summed E-state index contributed by atoms with van der Waals surface area (Å²) in [5.74, 6) is 0.637. The number of carbonyl (C=O) groups excluding carboxylic acids is 1. The van der Waals surface area contributed by atoms with E-state index >= 15 is 0 Å².